The Kier molecular flexibility index (Phi) is 5.70. The van der Waals surface area contributed by atoms with Gasteiger partial charge in [0.1, 0.15) is 16.4 Å². The number of fused-ring (bicyclic) bond motifs is 1. The van der Waals surface area contributed by atoms with Gasteiger partial charge in [0.15, 0.2) is 0 Å². The van der Waals surface area contributed by atoms with Gasteiger partial charge in [0, 0.05) is 17.3 Å². The van der Waals surface area contributed by atoms with Crippen LogP contribution in [-0.2, 0) is 11.8 Å². The highest BCUT2D eigenvalue weighted by Gasteiger charge is 2.23. The van der Waals surface area contributed by atoms with Crippen molar-refractivity contribution in [2.75, 3.05) is 13.7 Å². The van der Waals surface area contributed by atoms with E-state index in [4.69, 9.17) is 9.72 Å². The largest absolute Gasteiger partial charge is 0.496 e. The Balaban J connectivity index is 1.80. The van der Waals surface area contributed by atoms with Crippen LogP contribution in [0.2, 0.25) is 0 Å². The smallest absolute Gasteiger partial charge is 0.261 e. The van der Waals surface area contributed by atoms with E-state index in [1.807, 2.05) is 38.1 Å². The first-order chi connectivity index (χ1) is 13.2. The van der Waals surface area contributed by atoms with Crippen molar-refractivity contribution in [2.24, 2.45) is 0 Å². The molecule has 0 spiro atoms. The minimum Gasteiger partial charge on any atom is -0.496 e. The summed E-state index contributed by atoms with van der Waals surface area (Å²) >= 11 is 1.44. The fourth-order valence-corrected chi connectivity index (χ4v) is 4.34. The summed E-state index contributed by atoms with van der Waals surface area (Å²) in [5.41, 5.74) is 2.83. The van der Waals surface area contributed by atoms with E-state index in [1.54, 1.807) is 7.11 Å². The van der Waals surface area contributed by atoms with Crippen LogP contribution >= 0.6 is 11.3 Å². The lowest BCUT2D eigenvalue weighted by atomic mass is 9.95. The van der Waals surface area contributed by atoms with Crippen molar-refractivity contribution in [3.05, 3.63) is 51.8 Å². The van der Waals surface area contributed by atoms with Crippen LogP contribution in [0, 0.1) is 13.8 Å². The van der Waals surface area contributed by atoms with Crippen LogP contribution in [0.1, 0.15) is 53.1 Å². The van der Waals surface area contributed by atoms with Crippen LogP contribution in [0.3, 0.4) is 0 Å². The summed E-state index contributed by atoms with van der Waals surface area (Å²) in [6, 6.07) is 7.87. The summed E-state index contributed by atoms with van der Waals surface area (Å²) < 4.78 is 5.37. The zero-order chi connectivity index (χ0) is 20.5. The van der Waals surface area contributed by atoms with E-state index < -0.39 is 0 Å². The standard InChI is InChI=1S/C22H27N3O2S/c1-13-17-14(2)24-21(22(3,4)5)25-20(17)28-18(13)19(26)23-12-11-15-9-7-8-10-16(15)27-6/h7-10H,11-12H2,1-6H3,(H,23,26). The highest BCUT2D eigenvalue weighted by molar-refractivity contribution is 7.20. The van der Waals surface area contributed by atoms with E-state index in [-0.39, 0.29) is 11.3 Å². The molecule has 0 bridgehead atoms. The molecule has 3 aromatic rings. The molecule has 2 heterocycles. The van der Waals surface area contributed by atoms with Crippen LogP contribution in [0.5, 0.6) is 5.75 Å². The first kappa shape index (κ1) is 20.3. The number of rotatable bonds is 5. The fourth-order valence-electron chi connectivity index (χ4n) is 3.19. The van der Waals surface area contributed by atoms with Gasteiger partial charge < -0.3 is 10.1 Å². The van der Waals surface area contributed by atoms with Gasteiger partial charge in [-0.05, 0) is 37.5 Å². The predicted molar refractivity (Wildman–Crippen MR) is 115 cm³/mol. The van der Waals surface area contributed by atoms with Gasteiger partial charge in [-0.3, -0.25) is 4.79 Å². The summed E-state index contributed by atoms with van der Waals surface area (Å²) in [6.45, 7) is 10.8. The van der Waals surface area contributed by atoms with Gasteiger partial charge in [-0.15, -0.1) is 11.3 Å². The van der Waals surface area contributed by atoms with Crippen molar-refractivity contribution >= 4 is 27.5 Å². The van der Waals surface area contributed by atoms with Crippen molar-refractivity contribution < 1.29 is 9.53 Å². The van der Waals surface area contributed by atoms with Gasteiger partial charge in [0.25, 0.3) is 5.91 Å². The third-order valence-corrected chi connectivity index (χ3v) is 5.90. The van der Waals surface area contributed by atoms with Gasteiger partial charge in [0.05, 0.1) is 17.7 Å². The molecule has 0 saturated heterocycles. The number of hydrogen-bond donors (Lipinski definition) is 1. The quantitative estimate of drug-likeness (QED) is 0.684. The molecule has 0 unspecified atom stereocenters. The number of carbonyl (C=O) groups excluding carboxylic acids is 1. The number of ether oxygens (including phenoxy) is 1. The van der Waals surface area contributed by atoms with E-state index >= 15 is 0 Å². The second kappa shape index (κ2) is 7.87. The number of nitrogens with zero attached hydrogens (tertiary/aromatic N) is 2. The third kappa shape index (κ3) is 4.02. The molecule has 6 heteroatoms. The average Bonchev–Trinajstić information content (AvgIpc) is 2.98. The van der Waals surface area contributed by atoms with E-state index in [9.17, 15) is 4.79 Å². The molecule has 1 aromatic carbocycles. The van der Waals surface area contributed by atoms with Crippen LogP contribution in [0.15, 0.2) is 24.3 Å². The molecule has 1 amide bonds. The van der Waals surface area contributed by atoms with Crippen molar-refractivity contribution in [1.29, 1.82) is 0 Å². The maximum Gasteiger partial charge on any atom is 0.261 e. The molecule has 0 saturated carbocycles. The van der Waals surface area contributed by atoms with Crippen LogP contribution in [-0.4, -0.2) is 29.5 Å². The number of para-hydroxylation sites is 1. The maximum atomic E-state index is 12.8. The molecular formula is C22H27N3O2S. The van der Waals surface area contributed by atoms with E-state index in [0.29, 0.717) is 17.8 Å². The predicted octanol–water partition coefficient (Wildman–Crippen LogP) is 4.59. The molecule has 148 valence electrons. The molecule has 3 rings (SSSR count). The molecule has 0 atom stereocenters. The van der Waals surface area contributed by atoms with Gasteiger partial charge in [-0.1, -0.05) is 39.0 Å². The molecule has 0 fully saturated rings. The van der Waals surface area contributed by atoms with Crippen molar-refractivity contribution in [3.8, 4) is 5.75 Å². The lowest BCUT2D eigenvalue weighted by Gasteiger charge is -2.16. The molecule has 0 aliphatic heterocycles. The van der Waals surface area contributed by atoms with E-state index in [2.05, 4.69) is 31.1 Å². The summed E-state index contributed by atoms with van der Waals surface area (Å²) in [5.74, 6) is 1.59. The highest BCUT2D eigenvalue weighted by Crippen LogP contribution is 2.33. The van der Waals surface area contributed by atoms with Crippen molar-refractivity contribution in [3.63, 3.8) is 0 Å². The molecule has 1 N–H and O–H groups in total. The molecule has 5 nitrogen and oxygen atoms in total. The number of methoxy groups -OCH3 is 1. The third-order valence-electron chi connectivity index (χ3n) is 4.72. The number of aryl methyl sites for hydroxylation is 2. The summed E-state index contributed by atoms with van der Waals surface area (Å²) in [6.07, 6.45) is 0.715. The molecule has 0 aliphatic rings. The van der Waals surface area contributed by atoms with Gasteiger partial charge >= 0.3 is 0 Å². The number of amides is 1. The minimum absolute atomic E-state index is 0.0629. The topological polar surface area (TPSA) is 64.1 Å². The van der Waals surface area contributed by atoms with Crippen LogP contribution in [0.4, 0.5) is 0 Å². The van der Waals surface area contributed by atoms with Gasteiger partial charge in [0.2, 0.25) is 0 Å². The highest BCUT2D eigenvalue weighted by atomic mass is 32.1. The molecule has 2 aromatic heterocycles. The first-order valence-electron chi connectivity index (χ1n) is 9.40. The van der Waals surface area contributed by atoms with Gasteiger partial charge in [-0.2, -0.15) is 0 Å². The van der Waals surface area contributed by atoms with Crippen LogP contribution < -0.4 is 10.1 Å². The number of aromatic nitrogens is 2. The number of thiophene rings is 1. The Morgan fingerprint density at radius 3 is 2.57 bits per heavy atom. The normalized spacial score (nSPS) is 11.6. The van der Waals surface area contributed by atoms with E-state index in [1.165, 1.54) is 11.3 Å². The maximum absolute atomic E-state index is 12.8. The average molecular weight is 398 g/mol. The summed E-state index contributed by atoms with van der Waals surface area (Å²) in [4.78, 5) is 23.8. The number of hydrogen-bond acceptors (Lipinski definition) is 5. The van der Waals surface area contributed by atoms with Crippen molar-refractivity contribution in [2.45, 2.75) is 46.5 Å². The number of benzene rings is 1. The second-order valence-corrected chi connectivity index (χ2v) is 8.94. The lowest BCUT2D eigenvalue weighted by Crippen LogP contribution is -2.25. The zero-order valence-corrected chi connectivity index (χ0v) is 18.2. The number of carbonyl (C=O) groups is 1. The molecule has 28 heavy (non-hydrogen) atoms. The first-order valence-corrected chi connectivity index (χ1v) is 10.2. The fraction of sp³-hybridized carbons (Fsp3) is 0.409. The summed E-state index contributed by atoms with van der Waals surface area (Å²) in [5, 5.41) is 4.03. The van der Waals surface area contributed by atoms with Gasteiger partial charge in [-0.25, -0.2) is 9.97 Å². The second-order valence-electron chi connectivity index (χ2n) is 7.94. The Labute approximate surface area is 170 Å². The Hall–Kier alpha value is -2.47. The molecular weight excluding hydrogens is 370 g/mol. The van der Waals surface area contributed by atoms with Crippen molar-refractivity contribution in [1.82, 2.24) is 15.3 Å². The summed E-state index contributed by atoms with van der Waals surface area (Å²) in [7, 11) is 1.66. The Morgan fingerprint density at radius 2 is 1.89 bits per heavy atom. The minimum atomic E-state index is -0.131. The molecule has 0 radical (unpaired) electrons. The zero-order valence-electron chi connectivity index (χ0n) is 17.3. The van der Waals surface area contributed by atoms with Crippen LogP contribution in [0.25, 0.3) is 10.2 Å². The van der Waals surface area contributed by atoms with E-state index in [0.717, 1.165) is 38.6 Å². The molecule has 0 aliphatic carbocycles. The monoisotopic (exact) mass is 397 g/mol. The Bertz CT molecular complexity index is 1020. The Morgan fingerprint density at radius 1 is 1.18 bits per heavy atom. The number of nitrogens with one attached hydrogen (secondary N) is 1. The lowest BCUT2D eigenvalue weighted by molar-refractivity contribution is 0.0957. The SMILES string of the molecule is COc1ccccc1CCNC(=O)c1sc2nc(C(C)(C)C)nc(C)c2c1C.